The van der Waals surface area contributed by atoms with Crippen LogP contribution in [-0.4, -0.2) is 43.0 Å². The van der Waals surface area contributed by atoms with Crippen LogP contribution >= 0.6 is 23.7 Å². The predicted octanol–water partition coefficient (Wildman–Crippen LogP) is 4.33. The lowest BCUT2D eigenvalue weighted by atomic mass is 9.88. The Labute approximate surface area is 158 Å². The molecule has 0 atom stereocenters. The van der Waals surface area contributed by atoms with Gasteiger partial charge in [0.15, 0.2) is 5.13 Å². The van der Waals surface area contributed by atoms with Crippen LogP contribution in [0.4, 0.5) is 9.52 Å². The highest BCUT2D eigenvalue weighted by atomic mass is 35.5. The second kappa shape index (κ2) is 8.92. The fraction of sp³-hybridized carbons (Fsp3) is 0.556. The molecule has 2 aromatic rings. The van der Waals surface area contributed by atoms with Gasteiger partial charge in [-0.2, -0.15) is 0 Å². The second-order valence-electron chi connectivity index (χ2n) is 6.74. The molecule has 1 aromatic heterocycles. The minimum Gasteiger partial charge on any atom is -0.308 e. The standard InChI is InChI=1S/C18H24FN3OS.ClH/c1-21(2)10-11-22(17(23)13-6-4-3-5-7-13)18-20-15-9-8-14(19)12-16(15)24-18;/h8-9,12-13H,3-7,10-11H2,1-2H3;1H. The molecule has 1 saturated carbocycles. The van der Waals surface area contributed by atoms with Gasteiger partial charge >= 0.3 is 0 Å². The first-order valence-electron chi connectivity index (χ1n) is 8.57. The molecule has 0 spiro atoms. The number of nitrogens with zero attached hydrogens (tertiary/aromatic N) is 3. The Bertz CT molecular complexity index is 715. The SMILES string of the molecule is CN(C)CCN(C(=O)C1CCCCC1)c1nc2ccc(F)cc2s1.Cl. The van der Waals surface area contributed by atoms with Gasteiger partial charge < -0.3 is 4.90 Å². The highest BCUT2D eigenvalue weighted by Crippen LogP contribution is 2.32. The van der Waals surface area contributed by atoms with Crippen LogP contribution < -0.4 is 4.90 Å². The lowest BCUT2D eigenvalue weighted by Gasteiger charge is -2.28. The average molecular weight is 386 g/mol. The number of carbonyl (C=O) groups is 1. The van der Waals surface area contributed by atoms with Gasteiger partial charge in [0, 0.05) is 19.0 Å². The predicted molar refractivity (Wildman–Crippen MR) is 104 cm³/mol. The fourth-order valence-electron chi connectivity index (χ4n) is 3.17. The maximum absolute atomic E-state index is 13.4. The number of hydrogen-bond donors (Lipinski definition) is 0. The number of carbonyl (C=O) groups excluding carboxylic acids is 1. The Hall–Kier alpha value is -1.24. The molecular weight excluding hydrogens is 361 g/mol. The summed E-state index contributed by atoms with van der Waals surface area (Å²) in [6, 6.07) is 4.59. The van der Waals surface area contributed by atoms with Crippen LogP contribution in [0.25, 0.3) is 10.2 Å². The first-order chi connectivity index (χ1) is 11.5. The van der Waals surface area contributed by atoms with Gasteiger partial charge in [-0.1, -0.05) is 30.6 Å². The molecule has 1 aliphatic carbocycles. The lowest BCUT2D eigenvalue weighted by Crippen LogP contribution is -2.41. The van der Waals surface area contributed by atoms with Gasteiger partial charge in [0.05, 0.1) is 10.2 Å². The minimum atomic E-state index is -0.267. The molecule has 1 fully saturated rings. The third kappa shape index (κ3) is 4.90. The Morgan fingerprint density at radius 1 is 1.24 bits per heavy atom. The molecule has 138 valence electrons. The lowest BCUT2D eigenvalue weighted by molar-refractivity contribution is -0.123. The summed E-state index contributed by atoms with van der Waals surface area (Å²) in [5, 5.41) is 0.688. The first-order valence-corrected chi connectivity index (χ1v) is 9.38. The summed E-state index contributed by atoms with van der Waals surface area (Å²) >= 11 is 1.40. The van der Waals surface area contributed by atoms with Crippen LogP contribution in [0.5, 0.6) is 0 Å². The van der Waals surface area contributed by atoms with E-state index >= 15 is 0 Å². The molecule has 7 heteroatoms. The van der Waals surface area contributed by atoms with Crippen molar-refractivity contribution in [2.24, 2.45) is 5.92 Å². The fourth-order valence-corrected chi connectivity index (χ4v) is 4.19. The topological polar surface area (TPSA) is 36.4 Å². The van der Waals surface area contributed by atoms with Gasteiger partial charge in [-0.15, -0.1) is 12.4 Å². The van der Waals surface area contributed by atoms with Crippen molar-refractivity contribution in [2.45, 2.75) is 32.1 Å². The molecule has 0 unspecified atom stereocenters. The zero-order chi connectivity index (χ0) is 17.1. The van der Waals surface area contributed by atoms with Crippen LogP contribution in [-0.2, 0) is 4.79 Å². The zero-order valence-corrected chi connectivity index (χ0v) is 16.3. The van der Waals surface area contributed by atoms with Gasteiger partial charge in [-0.3, -0.25) is 9.69 Å². The minimum absolute atomic E-state index is 0. The number of benzene rings is 1. The largest absolute Gasteiger partial charge is 0.308 e. The quantitative estimate of drug-likeness (QED) is 0.768. The number of fused-ring (bicyclic) bond motifs is 1. The normalized spacial score (nSPS) is 15.4. The Balaban J connectivity index is 0.00000225. The monoisotopic (exact) mass is 385 g/mol. The van der Waals surface area contributed by atoms with Crippen molar-refractivity contribution < 1.29 is 9.18 Å². The molecular formula is C18H25ClFN3OS. The summed E-state index contributed by atoms with van der Waals surface area (Å²) in [6.45, 7) is 1.40. The summed E-state index contributed by atoms with van der Waals surface area (Å²) in [4.78, 5) is 21.5. The summed E-state index contributed by atoms with van der Waals surface area (Å²) in [6.07, 6.45) is 5.42. The van der Waals surface area contributed by atoms with E-state index in [1.54, 1.807) is 6.07 Å². The van der Waals surface area contributed by atoms with Crippen molar-refractivity contribution in [2.75, 3.05) is 32.1 Å². The molecule has 3 rings (SSSR count). The van der Waals surface area contributed by atoms with Crippen molar-refractivity contribution in [3.8, 4) is 0 Å². The molecule has 25 heavy (non-hydrogen) atoms. The van der Waals surface area contributed by atoms with Crippen molar-refractivity contribution >= 4 is 45.0 Å². The van der Waals surface area contributed by atoms with Crippen LogP contribution in [0.15, 0.2) is 18.2 Å². The molecule has 1 amide bonds. The van der Waals surface area contributed by atoms with Crippen LogP contribution in [0, 0.1) is 11.7 Å². The highest BCUT2D eigenvalue weighted by Gasteiger charge is 2.28. The van der Waals surface area contributed by atoms with Crippen LogP contribution in [0.1, 0.15) is 32.1 Å². The molecule has 0 radical (unpaired) electrons. The van der Waals surface area contributed by atoms with E-state index in [2.05, 4.69) is 9.88 Å². The summed E-state index contributed by atoms with van der Waals surface area (Å²) in [5.74, 6) is 0.0110. The van der Waals surface area contributed by atoms with E-state index in [1.807, 2.05) is 19.0 Å². The number of aromatic nitrogens is 1. The van der Waals surface area contributed by atoms with E-state index < -0.39 is 0 Å². The number of hydrogen-bond acceptors (Lipinski definition) is 4. The van der Waals surface area contributed by atoms with Gasteiger partial charge in [-0.05, 0) is 45.1 Å². The van der Waals surface area contributed by atoms with Crippen molar-refractivity contribution in [1.29, 1.82) is 0 Å². The molecule has 0 bridgehead atoms. The summed E-state index contributed by atoms with van der Waals surface area (Å²) in [5.41, 5.74) is 0.752. The van der Waals surface area contributed by atoms with Gasteiger partial charge in [-0.25, -0.2) is 9.37 Å². The average Bonchev–Trinajstić information content (AvgIpc) is 2.98. The van der Waals surface area contributed by atoms with E-state index in [0.717, 1.165) is 42.4 Å². The highest BCUT2D eigenvalue weighted by molar-refractivity contribution is 7.22. The summed E-state index contributed by atoms with van der Waals surface area (Å²) in [7, 11) is 3.99. The summed E-state index contributed by atoms with van der Waals surface area (Å²) < 4.78 is 14.2. The van der Waals surface area contributed by atoms with Crippen molar-refractivity contribution in [3.05, 3.63) is 24.0 Å². The van der Waals surface area contributed by atoms with Crippen molar-refractivity contribution in [1.82, 2.24) is 9.88 Å². The molecule has 1 heterocycles. The second-order valence-corrected chi connectivity index (χ2v) is 7.75. The van der Waals surface area contributed by atoms with E-state index in [-0.39, 0.29) is 30.0 Å². The maximum atomic E-state index is 13.4. The Morgan fingerprint density at radius 3 is 2.64 bits per heavy atom. The third-order valence-corrected chi connectivity index (χ3v) is 5.60. The molecule has 0 N–H and O–H groups in total. The molecule has 0 aliphatic heterocycles. The Kier molecular flexibility index (Phi) is 7.16. The van der Waals surface area contributed by atoms with Gasteiger partial charge in [0.25, 0.3) is 0 Å². The smallest absolute Gasteiger partial charge is 0.231 e. The van der Waals surface area contributed by atoms with Crippen molar-refractivity contribution in [3.63, 3.8) is 0 Å². The number of anilines is 1. The first kappa shape index (κ1) is 20.1. The van der Waals surface area contributed by atoms with Crippen LogP contribution in [0.2, 0.25) is 0 Å². The number of likely N-dealkylation sites (N-methyl/N-ethyl adjacent to an activating group) is 1. The number of rotatable bonds is 5. The molecule has 0 saturated heterocycles. The van der Waals surface area contributed by atoms with Gasteiger partial charge in [0.2, 0.25) is 5.91 Å². The van der Waals surface area contributed by atoms with E-state index in [9.17, 15) is 9.18 Å². The zero-order valence-electron chi connectivity index (χ0n) is 14.7. The number of thiazole rings is 1. The number of amides is 1. The van der Waals surface area contributed by atoms with E-state index in [4.69, 9.17) is 0 Å². The van der Waals surface area contributed by atoms with Gasteiger partial charge in [0.1, 0.15) is 5.82 Å². The van der Waals surface area contributed by atoms with E-state index in [1.165, 1.54) is 29.9 Å². The third-order valence-electron chi connectivity index (χ3n) is 4.56. The molecule has 1 aliphatic rings. The molecule has 4 nitrogen and oxygen atoms in total. The van der Waals surface area contributed by atoms with Crippen LogP contribution in [0.3, 0.4) is 0 Å². The van der Waals surface area contributed by atoms with E-state index in [0.29, 0.717) is 11.7 Å². The maximum Gasteiger partial charge on any atom is 0.231 e. The molecule has 1 aromatic carbocycles. The Morgan fingerprint density at radius 2 is 1.96 bits per heavy atom. The number of halogens is 2.